The number of halogens is 1. The molecule has 92 valence electrons. The summed E-state index contributed by atoms with van der Waals surface area (Å²) in [4.78, 5) is 0. The first-order valence-corrected chi connectivity index (χ1v) is 8.67. The van der Waals surface area contributed by atoms with Crippen LogP contribution in [0.25, 0.3) is 6.08 Å². The van der Waals surface area contributed by atoms with E-state index in [0.29, 0.717) is 0 Å². The van der Waals surface area contributed by atoms with Crippen molar-refractivity contribution in [2.24, 2.45) is 0 Å². The van der Waals surface area contributed by atoms with Crippen molar-refractivity contribution in [3.05, 3.63) is 70.5 Å². The van der Waals surface area contributed by atoms with Crippen LogP contribution in [-0.2, 0) is 4.57 Å². The zero-order valence-corrected chi connectivity index (χ0v) is 12.6. The van der Waals surface area contributed by atoms with Crippen molar-refractivity contribution in [1.29, 1.82) is 0 Å². The van der Waals surface area contributed by atoms with Crippen LogP contribution in [0.4, 0.5) is 0 Å². The minimum absolute atomic E-state index is 0.885. The topological polar surface area (TPSA) is 17.1 Å². The van der Waals surface area contributed by atoms with Crippen molar-refractivity contribution in [1.82, 2.24) is 0 Å². The highest BCUT2D eigenvalue weighted by Gasteiger charge is 2.12. The Morgan fingerprint density at radius 3 is 2.44 bits per heavy atom. The van der Waals surface area contributed by atoms with Gasteiger partial charge in [0.25, 0.3) is 0 Å². The lowest BCUT2D eigenvalue weighted by Gasteiger charge is -2.07. The summed E-state index contributed by atoms with van der Waals surface area (Å²) < 4.78 is 13.6. The molecule has 0 aliphatic rings. The quantitative estimate of drug-likeness (QED) is 0.747. The molecule has 0 heterocycles. The molecule has 0 amide bonds. The highest BCUT2D eigenvalue weighted by atomic mass is 79.9. The van der Waals surface area contributed by atoms with Gasteiger partial charge < -0.3 is 4.57 Å². The summed E-state index contributed by atoms with van der Waals surface area (Å²) in [5.41, 5.74) is 1.04. The number of hydrogen-bond donors (Lipinski definition) is 0. The molecule has 2 aromatic carbocycles. The molecule has 2 aromatic rings. The SMILES string of the molecule is C[P@](=O)(/C=C/c1cccc(Br)c1)c1ccccc1. The van der Waals surface area contributed by atoms with E-state index in [2.05, 4.69) is 15.9 Å². The average molecular weight is 321 g/mol. The van der Waals surface area contributed by atoms with E-state index in [1.165, 1.54) is 0 Å². The predicted molar refractivity (Wildman–Crippen MR) is 82.8 cm³/mol. The molecule has 0 saturated heterocycles. The molecule has 0 aliphatic heterocycles. The Morgan fingerprint density at radius 1 is 1.06 bits per heavy atom. The molecule has 2 rings (SSSR count). The Hall–Kier alpha value is -1.11. The van der Waals surface area contributed by atoms with Crippen LogP contribution in [0.1, 0.15) is 5.56 Å². The number of rotatable bonds is 3. The minimum atomic E-state index is -2.42. The Kier molecular flexibility index (Phi) is 4.21. The van der Waals surface area contributed by atoms with E-state index in [1.54, 1.807) is 6.66 Å². The number of hydrogen-bond acceptors (Lipinski definition) is 1. The molecule has 3 heteroatoms. The van der Waals surface area contributed by atoms with Gasteiger partial charge in [0.1, 0.15) is 7.14 Å². The van der Waals surface area contributed by atoms with Crippen LogP contribution in [0.3, 0.4) is 0 Å². The van der Waals surface area contributed by atoms with Crippen LogP contribution in [0.15, 0.2) is 64.9 Å². The van der Waals surface area contributed by atoms with Crippen molar-refractivity contribution in [3.63, 3.8) is 0 Å². The van der Waals surface area contributed by atoms with Crippen LogP contribution >= 0.6 is 23.1 Å². The summed E-state index contributed by atoms with van der Waals surface area (Å²) in [5.74, 6) is 1.81. The second-order valence-electron chi connectivity index (χ2n) is 4.20. The highest BCUT2D eigenvalue weighted by Crippen LogP contribution is 2.42. The number of benzene rings is 2. The monoisotopic (exact) mass is 320 g/mol. The smallest absolute Gasteiger partial charge is 0.133 e. The largest absolute Gasteiger partial charge is 0.315 e. The second-order valence-corrected chi connectivity index (χ2v) is 7.91. The maximum absolute atomic E-state index is 12.6. The maximum Gasteiger partial charge on any atom is 0.133 e. The van der Waals surface area contributed by atoms with Crippen molar-refractivity contribution in [2.75, 3.05) is 6.66 Å². The lowest BCUT2D eigenvalue weighted by atomic mass is 10.2. The first-order chi connectivity index (χ1) is 8.58. The molecule has 1 nitrogen and oxygen atoms in total. The first kappa shape index (κ1) is 13.3. The van der Waals surface area contributed by atoms with Gasteiger partial charge in [0, 0.05) is 9.78 Å². The van der Waals surface area contributed by atoms with E-state index in [9.17, 15) is 4.57 Å². The summed E-state index contributed by atoms with van der Waals surface area (Å²) in [6.45, 7) is 1.79. The third kappa shape index (κ3) is 3.44. The van der Waals surface area contributed by atoms with Crippen LogP contribution in [0.2, 0.25) is 0 Å². The molecule has 0 fully saturated rings. The van der Waals surface area contributed by atoms with Gasteiger partial charge in [0.05, 0.1) is 0 Å². The zero-order chi connectivity index (χ0) is 13.0. The molecule has 0 bridgehead atoms. The Bertz CT molecular complexity index is 605. The fourth-order valence-corrected chi connectivity index (χ4v) is 3.46. The van der Waals surface area contributed by atoms with E-state index in [1.807, 2.05) is 66.5 Å². The summed E-state index contributed by atoms with van der Waals surface area (Å²) in [7, 11) is -2.42. The van der Waals surface area contributed by atoms with Gasteiger partial charge in [-0.15, -0.1) is 0 Å². The van der Waals surface area contributed by atoms with Crippen molar-refractivity contribution in [2.45, 2.75) is 0 Å². The molecule has 0 aliphatic carbocycles. The second kappa shape index (κ2) is 5.69. The molecule has 0 saturated carbocycles. The Morgan fingerprint density at radius 2 is 1.78 bits per heavy atom. The summed E-state index contributed by atoms with van der Waals surface area (Å²) >= 11 is 3.42. The van der Waals surface area contributed by atoms with Gasteiger partial charge in [-0.3, -0.25) is 0 Å². The van der Waals surface area contributed by atoms with Crippen LogP contribution in [-0.4, -0.2) is 6.66 Å². The van der Waals surface area contributed by atoms with Crippen LogP contribution in [0.5, 0.6) is 0 Å². The lowest BCUT2D eigenvalue weighted by Crippen LogP contribution is -1.99. The first-order valence-electron chi connectivity index (χ1n) is 5.65. The van der Waals surface area contributed by atoms with Gasteiger partial charge in [-0.2, -0.15) is 0 Å². The average Bonchev–Trinajstić information content (AvgIpc) is 2.38. The van der Waals surface area contributed by atoms with Crippen molar-refractivity contribution >= 4 is 34.5 Å². The molecule has 1 atom stereocenters. The van der Waals surface area contributed by atoms with Crippen molar-refractivity contribution in [3.8, 4) is 0 Å². The van der Waals surface area contributed by atoms with Gasteiger partial charge in [-0.05, 0) is 30.2 Å². The lowest BCUT2D eigenvalue weighted by molar-refractivity contribution is 0.590. The van der Waals surface area contributed by atoms with E-state index in [4.69, 9.17) is 0 Å². The van der Waals surface area contributed by atoms with Gasteiger partial charge in [-0.25, -0.2) is 0 Å². The van der Waals surface area contributed by atoms with E-state index in [-0.39, 0.29) is 0 Å². The predicted octanol–water partition coefficient (Wildman–Crippen LogP) is 4.74. The van der Waals surface area contributed by atoms with Gasteiger partial charge in [0.15, 0.2) is 0 Å². The van der Waals surface area contributed by atoms with E-state index in [0.717, 1.165) is 15.3 Å². The van der Waals surface area contributed by atoms with Gasteiger partial charge in [-0.1, -0.05) is 64.5 Å². The van der Waals surface area contributed by atoms with E-state index < -0.39 is 7.14 Å². The minimum Gasteiger partial charge on any atom is -0.315 e. The molecule has 0 N–H and O–H groups in total. The van der Waals surface area contributed by atoms with Crippen molar-refractivity contribution < 1.29 is 4.57 Å². The Balaban J connectivity index is 2.26. The third-order valence-electron chi connectivity index (χ3n) is 2.67. The fraction of sp³-hybridized carbons (Fsp3) is 0.0667. The fourth-order valence-electron chi connectivity index (χ4n) is 1.65. The van der Waals surface area contributed by atoms with Gasteiger partial charge in [0.2, 0.25) is 0 Å². The summed E-state index contributed by atoms with van der Waals surface area (Å²) in [6.07, 6.45) is 1.92. The van der Waals surface area contributed by atoms with E-state index >= 15 is 0 Å². The molecule has 0 aromatic heterocycles. The highest BCUT2D eigenvalue weighted by molar-refractivity contribution is 9.10. The third-order valence-corrected chi connectivity index (χ3v) is 5.20. The molecule has 0 radical (unpaired) electrons. The normalized spacial score (nSPS) is 14.6. The zero-order valence-electron chi connectivity index (χ0n) is 10.1. The van der Waals surface area contributed by atoms with Gasteiger partial charge >= 0.3 is 0 Å². The van der Waals surface area contributed by atoms with Crippen LogP contribution < -0.4 is 5.30 Å². The molecule has 0 spiro atoms. The summed E-state index contributed by atoms with van der Waals surface area (Å²) in [5, 5.41) is 0.885. The van der Waals surface area contributed by atoms with Crippen LogP contribution in [0, 0.1) is 0 Å². The Labute approximate surface area is 116 Å². The molecule has 0 unspecified atom stereocenters. The molecular weight excluding hydrogens is 307 g/mol. The molecular formula is C15H14BrOP. The maximum atomic E-state index is 12.6. The summed E-state index contributed by atoms with van der Waals surface area (Å²) in [6, 6.07) is 17.5. The molecule has 18 heavy (non-hydrogen) atoms. The standard InChI is InChI=1S/C15H14BrOP/c1-18(17,15-8-3-2-4-9-15)11-10-13-6-5-7-14(16)12-13/h2-12H,1H3/b11-10+/t18-/m0/s1.